The first-order chi connectivity index (χ1) is 17.6. The van der Waals surface area contributed by atoms with Crippen molar-refractivity contribution >= 4 is 34.3 Å². The van der Waals surface area contributed by atoms with Gasteiger partial charge < -0.3 is 9.80 Å². The topological polar surface area (TPSA) is 60.9 Å². The molecular formula is C30H23N3O3. The van der Waals surface area contributed by atoms with E-state index < -0.39 is 6.04 Å². The van der Waals surface area contributed by atoms with Crippen LogP contribution in [0, 0.1) is 0 Å². The average Bonchev–Trinajstić information content (AvgIpc) is 3.60. The number of rotatable bonds is 3. The minimum Gasteiger partial charge on any atom is -0.331 e. The molecule has 0 aliphatic carbocycles. The van der Waals surface area contributed by atoms with Crippen LogP contribution < -0.4 is 4.90 Å². The first kappa shape index (κ1) is 20.9. The van der Waals surface area contributed by atoms with Gasteiger partial charge in [0.05, 0.1) is 17.8 Å². The second-order valence-corrected chi connectivity index (χ2v) is 9.66. The summed E-state index contributed by atoms with van der Waals surface area (Å²) in [6.45, 7) is 0.447. The quantitative estimate of drug-likeness (QED) is 0.396. The standard InChI is InChI=1S/C30H23N3O3/c34-28(22-15-13-20(14-16-22)19-7-2-1-3-8-19)31-18-23-17-26(31)27-29(35)33(30(36)32(23)27)25-12-6-10-21-9-4-5-11-24(21)25/h1-16,23,26-27H,17-18H2/t23?,26?,27-/m1/s1. The fourth-order valence-electron chi connectivity index (χ4n) is 6.12. The highest BCUT2D eigenvalue weighted by molar-refractivity contribution is 6.25. The Bertz CT molecular complexity index is 1530. The third-order valence-electron chi connectivity index (χ3n) is 7.77. The zero-order valence-corrected chi connectivity index (χ0v) is 19.5. The number of fused-ring (bicyclic) bond motifs is 6. The van der Waals surface area contributed by atoms with Crippen molar-refractivity contribution in [2.24, 2.45) is 0 Å². The van der Waals surface area contributed by atoms with Crippen LogP contribution in [-0.2, 0) is 4.79 Å². The second-order valence-electron chi connectivity index (χ2n) is 9.66. The molecule has 6 heteroatoms. The van der Waals surface area contributed by atoms with Crippen LogP contribution in [0.1, 0.15) is 16.8 Å². The van der Waals surface area contributed by atoms with E-state index in [-0.39, 0.29) is 29.9 Å². The van der Waals surface area contributed by atoms with Gasteiger partial charge in [0.2, 0.25) is 0 Å². The van der Waals surface area contributed by atoms with Gasteiger partial charge in [0, 0.05) is 17.5 Å². The van der Waals surface area contributed by atoms with E-state index >= 15 is 0 Å². The summed E-state index contributed by atoms with van der Waals surface area (Å²) in [5, 5.41) is 1.84. The number of benzene rings is 4. The van der Waals surface area contributed by atoms with Crippen molar-refractivity contribution in [2.75, 3.05) is 11.4 Å². The first-order valence-electron chi connectivity index (χ1n) is 12.2. The van der Waals surface area contributed by atoms with Crippen LogP contribution in [0.2, 0.25) is 0 Å². The number of anilines is 1. The molecule has 7 rings (SSSR count). The third kappa shape index (κ3) is 2.94. The Labute approximate surface area is 208 Å². The van der Waals surface area contributed by atoms with E-state index in [1.165, 1.54) is 4.90 Å². The fourth-order valence-corrected chi connectivity index (χ4v) is 6.12. The number of amides is 4. The summed E-state index contributed by atoms with van der Waals surface area (Å²) in [5.41, 5.74) is 3.34. The van der Waals surface area contributed by atoms with Gasteiger partial charge in [0.25, 0.3) is 11.8 Å². The van der Waals surface area contributed by atoms with E-state index in [4.69, 9.17) is 0 Å². The Morgan fingerprint density at radius 1 is 0.750 bits per heavy atom. The zero-order valence-electron chi connectivity index (χ0n) is 19.5. The Kier molecular flexibility index (Phi) is 4.51. The molecule has 3 saturated heterocycles. The molecule has 2 bridgehead atoms. The normalized spacial score (nSPS) is 22.6. The molecule has 3 atom stereocenters. The summed E-state index contributed by atoms with van der Waals surface area (Å²) in [7, 11) is 0. The van der Waals surface area contributed by atoms with Gasteiger partial charge in [-0.15, -0.1) is 0 Å². The maximum Gasteiger partial charge on any atom is 0.332 e. The van der Waals surface area contributed by atoms with Crippen LogP contribution in [0.5, 0.6) is 0 Å². The van der Waals surface area contributed by atoms with E-state index in [0.717, 1.165) is 21.9 Å². The van der Waals surface area contributed by atoms with Crippen molar-refractivity contribution in [2.45, 2.75) is 24.5 Å². The van der Waals surface area contributed by atoms with Crippen LogP contribution in [-0.4, -0.2) is 52.3 Å². The van der Waals surface area contributed by atoms with E-state index in [0.29, 0.717) is 24.2 Å². The predicted molar refractivity (Wildman–Crippen MR) is 138 cm³/mol. The van der Waals surface area contributed by atoms with Gasteiger partial charge in [-0.2, -0.15) is 0 Å². The Morgan fingerprint density at radius 2 is 1.44 bits per heavy atom. The molecule has 4 amide bonds. The minimum absolute atomic E-state index is 0.0920. The number of nitrogens with zero attached hydrogens (tertiary/aromatic N) is 3. The monoisotopic (exact) mass is 473 g/mol. The molecule has 0 spiro atoms. The van der Waals surface area contributed by atoms with Gasteiger partial charge >= 0.3 is 6.03 Å². The smallest absolute Gasteiger partial charge is 0.331 e. The maximum atomic E-state index is 13.7. The minimum atomic E-state index is -0.636. The van der Waals surface area contributed by atoms with Crippen molar-refractivity contribution < 1.29 is 14.4 Å². The summed E-state index contributed by atoms with van der Waals surface area (Å²) in [6.07, 6.45) is 0.638. The molecule has 3 aliphatic heterocycles. The lowest BCUT2D eigenvalue weighted by Crippen LogP contribution is -2.54. The van der Waals surface area contributed by atoms with Gasteiger partial charge in [-0.05, 0) is 41.1 Å². The summed E-state index contributed by atoms with van der Waals surface area (Å²) >= 11 is 0. The van der Waals surface area contributed by atoms with Gasteiger partial charge in [-0.1, -0.05) is 78.9 Å². The van der Waals surface area contributed by atoms with Gasteiger partial charge in [0.1, 0.15) is 6.04 Å². The number of piperazine rings is 1. The number of hydrogen-bond acceptors (Lipinski definition) is 3. The van der Waals surface area contributed by atoms with Gasteiger partial charge in [0.15, 0.2) is 0 Å². The Morgan fingerprint density at radius 3 is 2.25 bits per heavy atom. The molecule has 0 radical (unpaired) electrons. The molecule has 36 heavy (non-hydrogen) atoms. The lowest BCUT2D eigenvalue weighted by Gasteiger charge is -2.35. The predicted octanol–water partition coefficient (Wildman–Crippen LogP) is 4.94. The Balaban J connectivity index is 1.17. The molecule has 0 saturated carbocycles. The lowest BCUT2D eigenvalue weighted by atomic mass is 10.0. The second kappa shape index (κ2) is 7.78. The van der Waals surface area contributed by atoms with Crippen LogP contribution in [0.4, 0.5) is 10.5 Å². The van der Waals surface area contributed by atoms with Crippen molar-refractivity contribution in [3.05, 3.63) is 103 Å². The number of carbonyl (C=O) groups is 3. The average molecular weight is 474 g/mol. The van der Waals surface area contributed by atoms with Gasteiger partial charge in [-0.3, -0.25) is 9.59 Å². The molecule has 2 unspecified atom stereocenters. The molecule has 176 valence electrons. The highest BCUT2D eigenvalue weighted by Crippen LogP contribution is 2.44. The molecule has 4 aromatic carbocycles. The van der Waals surface area contributed by atoms with Crippen LogP contribution in [0.25, 0.3) is 21.9 Å². The van der Waals surface area contributed by atoms with E-state index in [1.54, 1.807) is 9.80 Å². The van der Waals surface area contributed by atoms with Gasteiger partial charge in [-0.25, -0.2) is 9.69 Å². The van der Waals surface area contributed by atoms with Crippen LogP contribution in [0.3, 0.4) is 0 Å². The molecule has 3 heterocycles. The highest BCUT2D eigenvalue weighted by atomic mass is 16.2. The van der Waals surface area contributed by atoms with Crippen molar-refractivity contribution in [3.63, 3.8) is 0 Å². The lowest BCUT2D eigenvalue weighted by molar-refractivity contribution is -0.121. The summed E-state index contributed by atoms with van der Waals surface area (Å²) in [4.78, 5) is 45.4. The molecule has 4 aromatic rings. The zero-order chi connectivity index (χ0) is 24.4. The number of imide groups is 1. The SMILES string of the molecule is O=C1[C@H]2C3CC(CN3C(=O)c3ccc(-c4ccccc4)cc3)N2C(=O)N1c1cccc2ccccc12. The third-order valence-corrected chi connectivity index (χ3v) is 7.77. The molecule has 0 aromatic heterocycles. The summed E-state index contributed by atoms with van der Waals surface area (Å²) in [5.74, 6) is -0.341. The molecule has 0 N–H and O–H groups in total. The molecular weight excluding hydrogens is 450 g/mol. The number of carbonyl (C=O) groups excluding carboxylic acids is 3. The van der Waals surface area contributed by atoms with E-state index in [1.807, 2.05) is 97.1 Å². The van der Waals surface area contributed by atoms with Crippen molar-refractivity contribution in [3.8, 4) is 11.1 Å². The largest absolute Gasteiger partial charge is 0.332 e. The number of urea groups is 1. The maximum absolute atomic E-state index is 13.7. The molecule has 3 aliphatic rings. The first-order valence-corrected chi connectivity index (χ1v) is 12.2. The number of likely N-dealkylation sites (tertiary alicyclic amines) is 1. The van der Waals surface area contributed by atoms with Crippen LogP contribution >= 0.6 is 0 Å². The summed E-state index contributed by atoms with van der Waals surface area (Å²) < 4.78 is 0. The van der Waals surface area contributed by atoms with Crippen molar-refractivity contribution in [1.82, 2.24) is 9.80 Å². The number of hydrogen-bond donors (Lipinski definition) is 0. The van der Waals surface area contributed by atoms with Crippen molar-refractivity contribution in [1.29, 1.82) is 0 Å². The summed E-state index contributed by atoms with van der Waals surface area (Å²) in [6, 6.07) is 29.6. The van der Waals surface area contributed by atoms with Crippen LogP contribution in [0.15, 0.2) is 97.1 Å². The highest BCUT2D eigenvalue weighted by Gasteiger charge is 2.63. The fraction of sp³-hybridized carbons (Fsp3) is 0.167. The Hall–Kier alpha value is -4.45. The van der Waals surface area contributed by atoms with E-state index in [9.17, 15) is 14.4 Å². The molecule has 3 fully saturated rings. The molecule has 6 nitrogen and oxygen atoms in total. The van der Waals surface area contributed by atoms with E-state index in [2.05, 4.69) is 0 Å².